The van der Waals surface area contributed by atoms with Crippen LogP contribution in [0, 0.1) is 0 Å². The van der Waals surface area contributed by atoms with Crippen LogP contribution in [0.25, 0.3) is 0 Å². The van der Waals surface area contributed by atoms with Crippen LogP contribution in [0.5, 0.6) is 0 Å². The van der Waals surface area contributed by atoms with E-state index < -0.39 is 0 Å². The number of anilines is 1. The van der Waals surface area contributed by atoms with E-state index in [1.165, 1.54) is 16.1 Å². The first-order valence-corrected chi connectivity index (χ1v) is 5.61. The third-order valence-electron chi connectivity index (χ3n) is 2.38. The molecule has 0 saturated carbocycles. The molecule has 70 valence electrons. The maximum Gasteiger partial charge on any atom is 0.0636 e. The number of benzene rings is 1. The van der Waals surface area contributed by atoms with E-state index in [-0.39, 0.29) is 12.6 Å². The van der Waals surface area contributed by atoms with Gasteiger partial charge in [-0.15, -0.1) is 11.8 Å². The maximum atomic E-state index is 9.03. The van der Waals surface area contributed by atoms with Gasteiger partial charge in [-0.1, -0.05) is 6.07 Å². The molecule has 1 aromatic rings. The number of fused-ring (bicyclic) bond motifs is 1. The second-order valence-electron chi connectivity index (χ2n) is 3.21. The van der Waals surface area contributed by atoms with Crippen LogP contribution in [-0.4, -0.2) is 24.0 Å². The first kappa shape index (κ1) is 8.91. The third kappa shape index (κ3) is 1.54. The molecule has 1 aromatic carbocycles. The Morgan fingerprint density at radius 1 is 1.62 bits per heavy atom. The minimum Gasteiger partial charge on any atom is -0.394 e. The van der Waals surface area contributed by atoms with Crippen LogP contribution in [0.2, 0.25) is 0 Å². The Balaban J connectivity index is 2.33. The number of thioether (sulfide) groups is 1. The highest BCUT2D eigenvalue weighted by Crippen LogP contribution is 2.33. The quantitative estimate of drug-likeness (QED) is 0.705. The van der Waals surface area contributed by atoms with Crippen molar-refractivity contribution >= 4 is 17.4 Å². The minimum atomic E-state index is 0.211. The van der Waals surface area contributed by atoms with E-state index in [0.717, 1.165) is 6.42 Å². The predicted octanol–water partition coefficient (Wildman–Crippen LogP) is 1.74. The number of nitrogens with one attached hydrogen (secondary N) is 1. The summed E-state index contributed by atoms with van der Waals surface area (Å²) < 4.78 is 0. The number of hydrogen-bond acceptors (Lipinski definition) is 3. The third-order valence-corrected chi connectivity index (χ3v) is 3.21. The first-order chi connectivity index (χ1) is 6.35. The van der Waals surface area contributed by atoms with Crippen molar-refractivity contribution in [1.29, 1.82) is 0 Å². The summed E-state index contributed by atoms with van der Waals surface area (Å²) in [6.07, 6.45) is 3.03. The normalized spacial score (nSPS) is 19.7. The van der Waals surface area contributed by atoms with Gasteiger partial charge in [0, 0.05) is 10.6 Å². The molecule has 2 rings (SSSR count). The zero-order valence-electron chi connectivity index (χ0n) is 7.58. The lowest BCUT2D eigenvalue weighted by atomic mass is 10.1. The van der Waals surface area contributed by atoms with Gasteiger partial charge in [0.05, 0.1) is 12.6 Å². The monoisotopic (exact) mass is 195 g/mol. The SMILES string of the molecule is CSc1cccc2c1CC(CO)N2. The summed E-state index contributed by atoms with van der Waals surface area (Å²) in [6, 6.07) is 6.47. The van der Waals surface area contributed by atoms with Crippen molar-refractivity contribution in [2.24, 2.45) is 0 Å². The fourth-order valence-corrected chi connectivity index (χ4v) is 2.38. The molecule has 1 heterocycles. The highest BCUT2D eigenvalue weighted by Gasteiger charge is 2.21. The van der Waals surface area contributed by atoms with Crippen molar-refractivity contribution in [3.05, 3.63) is 23.8 Å². The van der Waals surface area contributed by atoms with Crippen molar-refractivity contribution in [2.45, 2.75) is 17.4 Å². The molecule has 2 nitrogen and oxygen atoms in total. The molecule has 3 heteroatoms. The Bertz CT molecular complexity index is 314. The summed E-state index contributed by atoms with van der Waals surface area (Å²) in [5, 5.41) is 12.3. The van der Waals surface area contributed by atoms with Gasteiger partial charge in [-0.2, -0.15) is 0 Å². The van der Waals surface area contributed by atoms with Crippen molar-refractivity contribution < 1.29 is 5.11 Å². The van der Waals surface area contributed by atoms with Crippen molar-refractivity contribution in [2.75, 3.05) is 18.2 Å². The van der Waals surface area contributed by atoms with Gasteiger partial charge >= 0.3 is 0 Å². The molecule has 0 bridgehead atoms. The summed E-state index contributed by atoms with van der Waals surface area (Å²) >= 11 is 1.77. The Morgan fingerprint density at radius 2 is 2.46 bits per heavy atom. The fraction of sp³-hybridized carbons (Fsp3) is 0.400. The average Bonchev–Trinajstić information content (AvgIpc) is 2.59. The second kappa shape index (κ2) is 3.60. The molecule has 0 amide bonds. The van der Waals surface area contributed by atoms with Gasteiger partial charge in [0.2, 0.25) is 0 Å². The number of aliphatic hydroxyl groups is 1. The fourth-order valence-electron chi connectivity index (χ4n) is 1.73. The molecule has 1 unspecified atom stereocenters. The first-order valence-electron chi connectivity index (χ1n) is 4.38. The highest BCUT2D eigenvalue weighted by atomic mass is 32.2. The molecule has 0 radical (unpaired) electrons. The van der Waals surface area contributed by atoms with Gasteiger partial charge < -0.3 is 10.4 Å². The van der Waals surface area contributed by atoms with Crippen LogP contribution in [0.3, 0.4) is 0 Å². The molecule has 0 fully saturated rings. The Labute approximate surface area is 82.4 Å². The standard InChI is InChI=1S/C10H13NOS/c1-13-10-4-2-3-9-8(10)5-7(6-12)11-9/h2-4,7,11-12H,5-6H2,1H3. The van der Waals surface area contributed by atoms with Gasteiger partial charge in [0.1, 0.15) is 0 Å². The summed E-state index contributed by atoms with van der Waals surface area (Å²) in [7, 11) is 0. The van der Waals surface area contributed by atoms with Gasteiger partial charge in [-0.05, 0) is 30.4 Å². The molecule has 0 aromatic heterocycles. The lowest BCUT2D eigenvalue weighted by Gasteiger charge is -2.04. The molecular formula is C10H13NOS. The Hall–Kier alpha value is -0.670. The number of aliphatic hydroxyl groups excluding tert-OH is 1. The average molecular weight is 195 g/mol. The van der Waals surface area contributed by atoms with E-state index >= 15 is 0 Å². The van der Waals surface area contributed by atoms with Crippen molar-refractivity contribution in [3.8, 4) is 0 Å². The smallest absolute Gasteiger partial charge is 0.0636 e. The second-order valence-corrected chi connectivity index (χ2v) is 4.06. The van der Waals surface area contributed by atoms with Crippen LogP contribution < -0.4 is 5.32 Å². The van der Waals surface area contributed by atoms with Crippen LogP contribution in [0.4, 0.5) is 5.69 Å². The summed E-state index contributed by atoms with van der Waals surface area (Å²) in [5.41, 5.74) is 2.54. The Kier molecular flexibility index (Phi) is 2.47. The van der Waals surface area contributed by atoms with E-state index in [1.807, 2.05) is 0 Å². The van der Waals surface area contributed by atoms with Gasteiger partial charge in [-0.25, -0.2) is 0 Å². The topological polar surface area (TPSA) is 32.3 Å². The van der Waals surface area contributed by atoms with E-state index in [2.05, 4.69) is 29.8 Å². The van der Waals surface area contributed by atoms with Crippen LogP contribution >= 0.6 is 11.8 Å². The lowest BCUT2D eigenvalue weighted by Crippen LogP contribution is -2.19. The molecule has 0 saturated heterocycles. The Morgan fingerprint density at radius 3 is 3.15 bits per heavy atom. The van der Waals surface area contributed by atoms with Crippen LogP contribution in [0.1, 0.15) is 5.56 Å². The molecule has 2 N–H and O–H groups in total. The van der Waals surface area contributed by atoms with E-state index in [0.29, 0.717) is 0 Å². The molecule has 13 heavy (non-hydrogen) atoms. The van der Waals surface area contributed by atoms with Crippen LogP contribution in [0.15, 0.2) is 23.1 Å². The molecule has 0 aliphatic carbocycles. The van der Waals surface area contributed by atoms with Gasteiger partial charge in [-0.3, -0.25) is 0 Å². The maximum absolute atomic E-state index is 9.03. The minimum absolute atomic E-state index is 0.211. The van der Waals surface area contributed by atoms with Crippen molar-refractivity contribution in [1.82, 2.24) is 0 Å². The van der Waals surface area contributed by atoms with E-state index in [4.69, 9.17) is 5.11 Å². The van der Waals surface area contributed by atoms with E-state index in [1.54, 1.807) is 11.8 Å². The van der Waals surface area contributed by atoms with Crippen molar-refractivity contribution in [3.63, 3.8) is 0 Å². The number of rotatable bonds is 2. The van der Waals surface area contributed by atoms with Gasteiger partial charge in [0.25, 0.3) is 0 Å². The molecule has 1 aliphatic heterocycles. The summed E-state index contributed by atoms with van der Waals surface area (Å²) in [4.78, 5) is 1.32. The van der Waals surface area contributed by atoms with E-state index in [9.17, 15) is 0 Å². The largest absolute Gasteiger partial charge is 0.394 e. The predicted molar refractivity (Wildman–Crippen MR) is 56.4 cm³/mol. The highest BCUT2D eigenvalue weighted by molar-refractivity contribution is 7.98. The molecule has 1 atom stereocenters. The van der Waals surface area contributed by atoms with Gasteiger partial charge in [0.15, 0.2) is 0 Å². The molecule has 0 spiro atoms. The summed E-state index contributed by atoms with van der Waals surface area (Å²) in [6.45, 7) is 0.211. The zero-order valence-corrected chi connectivity index (χ0v) is 8.40. The molecular weight excluding hydrogens is 182 g/mol. The zero-order chi connectivity index (χ0) is 9.26. The molecule has 1 aliphatic rings. The number of hydrogen-bond donors (Lipinski definition) is 2. The lowest BCUT2D eigenvalue weighted by molar-refractivity contribution is 0.277. The summed E-state index contributed by atoms with van der Waals surface area (Å²) in [5.74, 6) is 0. The van der Waals surface area contributed by atoms with Crippen LogP contribution in [-0.2, 0) is 6.42 Å².